The lowest BCUT2D eigenvalue weighted by Crippen LogP contribution is -2.01. The number of carbonyl (C=O) groups is 1. The molecule has 0 bridgehead atoms. The van der Waals surface area contributed by atoms with E-state index in [0.717, 1.165) is 21.2 Å². The van der Waals surface area contributed by atoms with Gasteiger partial charge in [0.25, 0.3) is 0 Å². The van der Waals surface area contributed by atoms with Gasteiger partial charge >= 0.3 is 0 Å². The predicted molar refractivity (Wildman–Crippen MR) is 62.5 cm³/mol. The maximum absolute atomic E-state index is 11.4. The summed E-state index contributed by atoms with van der Waals surface area (Å²) in [6, 6.07) is 1.96. The van der Waals surface area contributed by atoms with Gasteiger partial charge in [-0.3, -0.25) is 4.79 Å². The van der Waals surface area contributed by atoms with Gasteiger partial charge in [-0.1, -0.05) is 0 Å². The van der Waals surface area contributed by atoms with E-state index in [2.05, 4.69) is 4.98 Å². The second-order valence-corrected chi connectivity index (χ2v) is 4.55. The first-order chi connectivity index (χ1) is 6.60. The van der Waals surface area contributed by atoms with Gasteiger partial charge in [-0.15, -0.1) is 23.5 Å². The molecule has 4 heteroatoms. The van der Waals surface area contributed by atoms with Crippen LogP contribution in [0.15, 0.2) is 16.0 Å². The molecule has 1 aromatic rings. The summed E-state index contributed by atoms with van der Waals surface area (Å²) < 4.78 is 0. The van der Waals surface area contributed by atoms with Crippen molar-refractivity contribution in [2.45, 2.75) is 23.8 Å². The Hall–Kier alpha value is -0.480. The van der Waals surface area contributed by atoms with Gasteiger partial charge in [0, 0.05) is 10.6 Å². The van der Waals surface area contributed by atoms with Crippen molar-refractivity contribution in [1.29, 1.82) is 0 Å². The molecule has 14 heavy (non-hydrogen) atoms. The van der Waals surface area contributed by atoms with Crippen LogP contribution in [0.2, 0.25) is 0 Å². The average molecular weight is 227 g/mol. The quantitative estimate of drug-likeness (QED) is 0.586. The molecule has 0 radical (unpaired) electrons. The summed E-state index contributed by atoms with van der Waals surface area (Å²) in [4.78, 5) is 16.8. The van der Waals surface area contributed by atoms with Gasteiger partial charge in [0.05, 0.1) is 5.56 Å². The van der Waals surface area contributed by atoms with E-state index >= 15 is 0 Å². The van der Waals surface area contributed by atoms with Gasteiger partial charge in [-0.2, -0.15) is 0 Å². The van der Waals surface area contributed by atoms with E-state index in [1.54, 1.807) is 18.7 Å². The molecule has 0 aliphatic rings. The van der Waals surface area contributed by atoms with Crippen LogP contribution < -0.4 is 0 Å². The molecule has 0 aliphatic heterocycles. The van der Waals surface area contributed by atoms with Crippen LogP contribution in [0.4, 0.5) is 0 Å². The fourth-order valence-electron chi connectivity index (χ4n) is 1.25. The highest BCUT2D eigenvalue weighted by atomic mass is 32.2. The lowest BCUT2D eigenvalue weighted by atomic mass is 10.2. The van der Waals surface area contributed by atoms with Crippen LogP contribution in [0.5, 0.6) is 0 Å². The Morgan fingerprint density at radius 2 is 2.00 bits per heavy atom. The van der Waals surface area contributed by atoms with Gasteiger partial charge in [0.2, 0.25) is 0 Å². The fraction of sp³-hybridized carbons (Fsp3) is 0.400. The van der Waals surface area contributed by atoms with E-state index in [4.69, 9.17) is 0 Å². The highest BCUT2D eigenvalue weighted by Crippen LogP contribution is 2.28. The number of nitrogens with zero attached hydrogens (tertiary/aromatic N) is 1. The number of Topliss-reactive ketones (excluding diaryl/α,β-unsaturated/α-hetero) is 1. The standard InChI is InChI=1S/C10H13NOS2/c1-6-5-8(13-3)9(7(2)12)10(11-6)14-4/h5H,1-4H3. The molecule has 0 fully saturated rings. The Bertz CT molecular complexity index is 338. The molecule has 0 saturated carbocycles. The molecule has 1 aromatic heterocycles. The van der Waals surface area contributed by atoms with Crippen LogP contribution >= 0.6 is 23.5 Å². The van der Waals surface area contributed by atoms with Crippen molar-refractivity contribution in [3.05, 3.63) is 17.3 Å². The lowest BCUT2D eigenvalue weighted by Gasteiger charge is -2.09. The molecular weight excluding hydrogens is 214 g/mol. The van der Waals surface area contributed by atoms with Crippen molar-refractivity contribution >= 4 is 29.3 Å². The monoisotopic (exact) mass is 227 g/mol. The molecule has 0 aliphatic carbocycles. The van der Waals surface area contributed by atoms with Crippen LogP contribution in [-0.4, -0.2) is 23.3 Å². The van der Waals surface area contributed by atoms with Gasteiger partial charge < -0.3 is 0 Å². The summed E-state index contributed by atoms with van der Waals surface area (Å²) in [6.07, 6.45) is 3.92. The normalized spacial score (nSPS) is 10.3. The minimum atomic E-state index is 0.0891. The molecule has 76 valence electrons. The van der Waals surface area contributed by atoms with Crippen LogP contribution in [0.3, 0.4) is 0 Å². The minimum absolute atomic E-state index is 0.0891. The van der Waals surface area contributed by atoms with Gasteiger partial charge in [0.15, 0.2) is 5.78 Å². The summed E-state index contributed by atoms with van der Waals surface area (Å²) in [7, 11) is 0. The molecule has 0 unspecified atom stereocenters. The Balaban J connectivity index is 3.40. The minimum Gasteiger partial charge on any atom is -0.294 e. The molecule has 0 atom stereocenters. The van der Waals surface area contributed by atoms with Crippen molar-refractivity contribution in [2.24, 2.45) is 0 Å². The number of ketones is 1. The smallest absolute Gasteiger partial charge is 0.163 e. The maximum atomic E-state index is 11.4. The van der Waals surface area contributed by atoms with E-state index in [1.807, 2.05) is 25.5 Å². The van der Waals surface area contributed by atoms with Crippen molar-refractivity contribution in [3.63, 3.8) is 0 Å². The third kappa shape index (κ3) is 2.30. The molecule has 0 N–H and O–H groups in total. The van der Waals surface area contributed by atoms with E-state index < -0.39 is 0 Å². The zero-order valence-corrected chi connectivity index (χ0v) is 10.4. The first-order valence-electron chi connectivity index (χ1n) is 4.20. The maximum Gasteiger partial charge on any atom is 0.163 e. The van der Waals surface area contributed by atoms with Crippen LogP contribution in [0, 0.1) is 6.92 Å². The molecule has 1 rings (SSSR count). The number of aryl methyl sites for hydroxylation is 1. The van der Waals surface area contributed by atoms with Crippen molar-refractivity contribution in [1.82, 2.24) is 4.98 Å². The molecule has 2 nitrogen and oxygen atoms in total. The Morgan fingerprint density at radius 1 is 1.36 bits per heavy atom. The highest BCUT2D eigenvalue weighted by molar-refractivity contribution is 7.99. The molecular formula is C10H13NOS2. The summed E-state index contributed by atoms with van der Waals surface area (Å²) >= 11 is 3.12. The van der Waals surface area contributed by atoms with E-state index in [0.29, 0.717) is 0 Å². The number of carbonyl (C=O) groups excluding carboxylic acids is 1. The Kier molecular flexibility index (Phi) is 4.01. The Labute approximate surface area is 92.9 Å². The van der Waals surface area contributed by atoms with Gasteiger partial charge in [-0.05, 0) is 32.4 Å². The highest BCUT2D eigenvalue weighted by Gasteiger charge is 2.14. The van der Waals surface area contributed by atoms with Crippen LogP contribution in [0.1, 0.15) is 23.0 Å². The lowest BCUT2D eigenvalue weighted by molar-refractivity contribution is 0.101. The predicted octanol–water partition coefficient (Wildman–Crippen LogP) is 3.04. The number of rotatable bonds is 3. The first-order valence-corrected chi connectivity index (χ1v) is 6.65. The zero-order valence-electron chi connectivity index (χ0n) is 8.75. The fourth-order valence-corrected chi connectivity index (χ4v) is 2.74. The van der Waals surface area contributed by atoms with Gasteiger partial charge in [0.1, 0.15) is 5.03 Å². The van der Waals surface area contributed by atoms with Gasteiger partial charge in [-0.25, -0.2) is 4.98 Å². The molecule has 0 saturated heterocycles. The first kappa shape index (κ1) is 11.6. The summed E-state index contributed by atoms with van der Waals surface area (Å²) in [5.74, 6) is 0.0891. The van der Waals surface area contributed by atoms with Crippen molar-refractivity contribution in [3.8, 4) is 0 Å². The topological polar surface area (TPSA) is 30.0 Å². The Morgan fingerprint density at radius 3 is 2.43 bits per heavy atom. The van der Waals surface area contributed by atoms with E-state index in [9.17, 15) is 4.79 Å². The summed E-state index contributed by atoms with van der Waals surface area (Å²) in [5.41, 5.74) is 1.72. The zero-order chi connectivity index (χ0) is 10.7. The van der Waals surface area contributed by atoms with Crippen molar-refractivity contribution < 1.29 is 4.79 Å². The second kappa shape index (κ2) is 4.84. The molecule has 0 amide bonds. The number of aromatic nitrogens is 1. The van der Waals surface area contributed by atoms with Crippen molar-refractivity contribution in [2.75, 3.05) is 12.5 Å². The van der Waals surface area contributed by atoms with E-state index in [-0.39, 0.29) is 5.78 Å². The number of thioether (sulfide) groups is 2. The van der Waals surface area contributed by atoms with E-state index in [1.165, 1.54) is 11.8 Å². The van der Waals surface area contributed by atoms with Crippen LogP contribution in [-0.2, 0) is 0 Å². The molecule has 0 aromatic carbocycles. The largest absolute Gasteiger partial charge is 0.294 e. The summed E-state index contributed by atoms with van der Waals surface area (Å²) in [6.45, 7) is 3.54. The number of pyridine rings is 1. The third-order valence-electron chi connectivity index (χ3n) is 1.84. The number of hydrogen-bond acceptors (Lipinski definition) is 4. The molecule has 0 spiro atoms. The van der Waals surface area contributed by atoms with Crippen LogP contribution in [0.25, 0.3) is 0 Å². The third-order valence-corrected chi connectivity index (χ3v) is 3.29. The molecule has 1 heterocycles. The second-order valence-electron chi connectivity index (χ2n) is 2.91. The summed E-state index contributed by atoms with van der Waals surface area (Å²) in [5, 5.41) is 0.835. The average Bonchev–Trinajstić information content (AvgIpc) is 2.15. The number of hydrogen-bond donors (Lipinski definition) is 0. The SMILES string of the molecule is CSc1cc(C)nc(SC)c1C(C)=O.